The van der Waals surface area contributed by atoms with E-state index in [1.807, 2.05) is 6.07 Å². The van der Waals surface area contributed by atoms with E-state index >= 15 is 0 Å². The standard InChI is InChI=1S/C16H23FIN/c1-16(2,3)12-6-4-5-7-14(12)19-15-9-8-11(17)10-13(15)18/h8-10,12,14,19H,4-7H2,1-3H3. The van der Waals surface area contributed by atoms with Crippen LogP contribution in [0.1, 0.15) is 46.5 Å². The molecule has 19 heavy (non-hydrogen) atoms. The van der Waals surface area contributed by atoms with Crippen LogP contribution in [0, 0.1) is 20.7 Å². The maximum absolute atomic E-state index is 13.2. The highest BCUT2D eigenvalue weighted by Gasteiger charge is 2.34. The van der Waals surface area contributed by atoms with Gasteiger partial charge in [-0.3, -0.25) is 0 Å². The molecule has 1 aliphatic rings. The van der Waals surface area contributed by atoms with Crippen molar-refractivity contribution < 1.29 is 4.39 Å². The molecule has 0 amide bonds. The lowest BCUT2D eigenvalue weighted by Gasteiger charge is -2.41. The zero-order valence-corrected chi connectivity index (χ0v) is 14.1. The maximum Gasteiger partial charge on any atom is 0.124 e. The zero-order chi connectivity index (χ0) is 14.0. The summed E-state index contributed by atoms with van der Waals surface area (Å²) in [7, 11) is 0. The Hall–Kier alpha value is -0.320. The van der Waals surface area contributed by atoms with E-state index in [0.29, 0.717) is 17.4 Å². The SMILES string of the molecule is CC(C)(C)C1CCCCC1Nc1ccc(F)cc1I. The predicted octanol–water partition coefficient (Wildman–Crippen LogP) is 5.45. The zero-order valence-electron chi connectivity index (χ0n) is 12.0. The number of hydrogen-bond donors (Lipinski definition) is 1. The van der Waals surface area contributed by atoms with E-state index < -0.39 is 0 Å². The van der Waals surface area contributed by atoms with Crippen molar-refractivity contribution in [3.63, 3.8) is 0 Å². The normalized spacial score (nSPS) is 24.3. The smallest absolute Gasteiger partial charge is 0.124 e. The molecule has 2 atom stereocenters. The summed E-state index contributed by atoms with van der Waals surface area (Å²) in [6.07, 6.45) is 5.14. The first-order chi connectivity index (χ1) is 8.88. The summed E-state index contributed by atoms with van der Waals surface area (Å²) >= 11 is 2.21. The molecule has 0 radical (unpaired) electrons. The summed E-state index contributed by atoms with van der Waals surface area (Å²) in [6.45, 7) is 6.98. The number of nitrogens with one attached hydrogen (secondary N) is 1. The minimum atomic E-state index is -0.161. The fraction of sp³-hybridized carbons (Fsp3) is 0.625. The van der Waals surface area contributed by atoms with Crippen molar-refractivity contribution in [3.05, 3.63) is 27.6 Å². The van der Waals surface area contributed by atoms with Gasteiger partial charge in [0.1, 0.15) is 5.82 Å². The number of hydrogen-bond acceptors (Lipinski definition) is 1. The maximum atomic E-state index is 13.2. The number of halogens is 2. The van der Waals surface area contributed by atoms with Gasteiger partial charge in [0.2, 0.25) is 0 Å². The van der Waals surface area contributed by atoms with Crippen molar-refractivity contribution in [2.45, 2.75) is 52.5 Å². The first-order valence-corrected chi connectivity index (χ1v) is 8.17. The molecule has 106 valence electrons. The van der Waals surface area contributed by atoms with Gasteiger partial charge in [-0.1, -0.05) is 33.6 Å². The molecule has 1 saturated carbocycles. The number of anilines is 1. The van der Waals surface area contributed by atoms with Crippen LogP contribution in [0.25, 0.3) is 0 Å². The van der Waals surface area contributed by atoms with Gasteiger partial charge in [0, 0.05) is 15.3 Å². The van der Waals surface area contributed by atoms with Crippen molar-refractivity contribution in [2.24, 2.45) is 11.3 Å². The van der Waals surface area contributed by atoms with Gasteiger partial charge in [-0.15, -0.1) is 0 Å². The summed E-state index contributed by atoms with van der Waals surface area (Å²) < 4.78 is 14.1. The fourth-order valence-corrected chi connectivity index (χ4v) is 3.78. The average molecular weight is 375 g/mol. The lowest BCUT2D eigenvalue weighted by Crippen LogP contribution is -2.39. The molecule has 1 aromatic rings. The topological polar surface area (TPSA) is 12.0 Å². The Balaban J connectivity index is 2.15. The summed E-state index contributed by atoms with van der Waals surface area (Å²) in [4.78, 5) is 0. The van der Waals surface area contributed by atoms with Gasteiger partial charge in [0.15, 0.2) is 0 Å². The summed E-state index contributed by atoms with van der Waals surface area (Å²) in [6, 6.07) is 5.51. The van der Waals surface area contributed by atoms with Crippen LogP contribution in [0.5, 0.6) is 0 Å². The molecule has 0 bridgehead atoms. The second-order valence-corrected chi connectivity index (χ2v) is 7.79. The second kappa shape index (κ2) is 5.98. The highest BCUT2D eigenvalue weighted by molar-refractivity contribution is 14.1. The van der Waals surface area contributed by atoms with Crippen LogP contribution < -0.4 is 5.32 Å². The quantitative estimate of drug-likeness (QED) is 0.678. The molecule has 0 aromatic heterocycles. The second-order valence-electron chi connectivity index (χ2n) is 6.63. The van der Waals surface area contributed by atoms with Crippen molar-refractivity contribution in [3.8, 4) is 0 Å². The van der Waals surface area contributed by atoms with Crippen molar-refractivity contribution in [1.29, 1.82) is 0 Å². The van der Waals surface area contributed by atoms with Gasteiger partial charge in [0.25, 0.3) is 0 Å². The third-order valence-electron chi connectivity index (χ3n) is 4.15. The molecule has 0 aliphatic heterocycles. The van der Waals surface area contributed by atoms with Gasteiger partial charge in [0.05, 0.1) is 0 Å². The minimum Gasteiger partial charge on any atom is -0.381 e. The van der Waals surface area contributed by atoms with Gasteiger partial charge in [-0.2, -0.15) is 0 Å². The van der Waals surface area contributed by atoms with Crippen molar-refractivity contribution >= 4 is 28.3 Å². The molecule has 2 rings (SSSR count). The monoisotopic (exact) mass is 375 g/mol. The lowest BCUT2D eigenvalue weighted by molar-refractivity contribution is 0.163. The lowest BCUT2D eigenvalue weighted by atomic mass is 9.69. The summed E-state index contributed by atoms with van der Waals surface area (Å²) in [5.74, 6) is 0.521. The summed E-state index contributed by atoms with van der Waals surface area (Å²) in [5.41, 5.74) is 1.40. The Labute approximate surface area is 129 Å². The van der Waals surface area contributed by atoms with E-state index in [-0.39, 0.29) is 5.82 Å². The van der Waals surface area contributed by atoms with Gasteiger partial charge in [-0.05, 0) is 65.0 Å². The molecule has 1 N–H and O–H groups in total. The molecule has 1 fully saturated rings. The fourth-order valence-electron chi connectivity index (χ4n) is 3.15. The Morgan fingerprint density at radius 2 is 1.89 bits per heavy atom. The van der Waals surface area contributed by atoms with Crippen LogP contribution in [0.2, 0.25) is 0 Å². The molecular formula is C16H23FIN. The third kappa shape index (κ3) is 3.83. The molecule has 1 aliphatic carbocycles. The highest BCUT2D eigenvalue weighted by atomic mass is 127. The molecular weight excluding hydrogens is 352 g/mol. The molecule has 0 heterocycles. The van der Waals surface area contributed by atoms with E-state index in [1.54, 1.807) is 12.1 Å². The number of rotatable bonds is 2. The van der Waals surface area contributed by atoms with Crippen LogP contribution in [-0.4, -0.2) is 6.04 Å². The van der Waals surface area contributed by atoms with Gasteiger partial charge >= 0.3 is 0 Å². The van der Waals surface area contributed by atoms with Crippen LogP contribution in [0.15, 0.2) is 18.2 Å². The van der Waals surface area contributed by atoms with Crippen LogP contribution in [0.3, 0.4) is 0 Å². The molecule has 0 spiro atoms. The van der Waals surface area contributed by atoms with Crippen LogP contribution >= 0.6 is 22.6 Å². The van der Waals surface area contributed by atoms with E-state index in [1.165, 1.54) is 25.7 Å². The average Bonchev–Trinajstić information content (AvgIpc) is 2.32. The van der Waals surface area contributed by atoms with Crippen LogP contribution in [0.4, 0.5) is 10.1 Å². The van der Waals surface area contributed by atoms with E-state index in [4.69, 9.17) is 0 Å². The predicted molar refractivity (Wildman–Crippen MR) is 87.9 cm³/mol. The van der Waals surface area contributed by atoms with Crippen LogP contribution in [-0.2, 0) is 0 Å². The van der Waals surface area contributed by atoms with Gasteiger partial charge in [-0.25, -0.2) is 4.39 Å². The largest absolute Gasteiger partial charge is 0.381 e. The Morgan fingerprint density at radius 3 is 2.53 bits per heavy atom. The first-order valence-electron chi connectivity index (χ1n) is 7.09. The third-order valence-corrected chi connectivity index (χ3v) is 5.04. The summed E-state index contributed by atoms with van der Waals surface area (Å²) in [5, 5.41) is 3.66. The molecule has 2 unspecified atom stereocenters. The first kappa shape index (κ1) is 15.1. The minimum absolute atomic E-state index is 0.161. The Kier molecular flexibility index (Phi) is 4.75. The Bertz CT molecular complexity index is 439. The van der Waals surface area contributed by atoms with E-state index in [2.05, 4.69) is 48.7 Å². The van der Waals surface area contributed by atoms with Gasteiger partial charge < -0.3 is 5.32 Å². The number of benzene rings is 1. The Morgan fingerprint density at radius 1 is 1.21 bits per heavy atom. The molecule has 0 saturated heterocycles. The van der Waals surface area contributed by atoms with E-state index in [0.717, 1.165) is 9.26 Å². The highest BCUT2D eigenvalue weighted by Crippen LogP contribution is 2.39. The molecule has 1 nitrogen and oxygen atoms in total. The van der Waals surface area contributed by atoms with Crippen molar-refractivity contribution in [1.82, 2.24) is 0 Å². The van der Waals surface area contributed by atoms with E-state index in [9.17, 15) is 4.39 Å². The molecule has 3 heteroatoms. The molecule has 1 aromatic carbocycles. The van der Waals surface area contributed by atoms with Crippen molar-refractivity contribution in [2.75, 3.05) is 5.32 Å².